The van der Waals surface area contributed by atoms with Gasteiger partial charge in [0.15, 0.2) is 0 Å². The molecule has 0 saturated heterocycles. The summed E-state index contributed by atoms with van der Waals surface area (Å²) in [6.45, 7) is 0. The first-order valence-corrected chi connectivity index (χ1v) is 3.90. The van der Waals surface area contributed by atoms with E-state index in [1.807, 2.05) is 0 Å². The number of nitro benzene ring substituents is 1. The first-order valence-electron chi connectivity index (χ1n) is 3.90. The topological polar surface area (TPSA) is 76.3 Å². The van der Waals surface area contributed by atoms with Crippen molar-refractivity contribution in [1.82, 2.24) is 4.98 Å². The predicted molar refractivity (Wildman–Crippen MR) is 50.1 cm³/mol. The number of nitrogens with zero attached hydrogens (tertiary/aromatic N) is 2. The molecule has 70 valence electrons. The molecule has 0 unspecified atom stereocenters. The van der Waals surface area contributed by atoms with E-state index in [2.05, 4.69) is 4.98 Å². The van der Waals surface area contributed by atoms with Crippen molar-refractivity contribution in [1.29, 1.82) is 0 Å². The molecule has 0 radical (unpaired) electrons. The second-order valence-electron chi connectivity index (χ2n) is 2.79. The molecular weight excluding hydrogens is 184 g/mol. The molecule has 5 heteroatoms. The largest absolute Gasteiger partial charge is 0.505 e. The Morgan fingerprint density at radius 3 is 2.86 bits per heavy atom. The third-order valence-electron chi connectivity index (χ3n) is 1.94. The molecule has 1 aromatic heterocycles. The molecule has 0 fully saturated rings. The highest BCUT2D eigenvalue weighted by Gasteiger charge is 2.14. The van der Waals surface area contributed by atoms with E-state index in [-0.39, 0.29) is 16.8 Å². The smallest absolute Gasteiger partial charge is 0.281 e. The Balaban J connectivity index is 2.91. The molecule has 0 atom stereocenters. The maximum Gasteiger partial charge on any atom is 0.281 e. The van der Waals surface area contributed by atoms with Gasteiger partial charge in [-0.05, 0) is 0 Å². The first kappa shape index (κ1) is 8.43. The SMILES string of the molecule is O=[N+]([O-])c1cccc2cncc(O)c12. The Morgan fingerprint density at radius 2 is 2.14 bits per heavy atom. The van der Waals surface area contributed by atoms with Gasteiger partial charge in [0.1, 0.15) is 11.1 Å². The van der Waals surface area contributed by atoms with Gasteiger partial charge in [0.2, 0.25) is 0 Å². The molecule has 0 amide bonds. The van der Waals surface area contributed by atoms with Gasteiger partial charge in [-0.3, -0.25) is 15.1 Å². The van der Waals surface area contributed by atoms with Gasteiger partial charge in [-0.2, -0.15) is 0 Å². The van der Waals surface area contributed by atoms with E-state index < -0.39 is 4.92 Å². The van der Waals surface area contributed by atoms with E-state index in [1.54, 1.807) is 12.1 Å². The van der Waals surface area contributed by atoms with Crippen molar-refractivity contribution in [2.24, 2.45) is 0 Å². The molecular formula is C9H6N2O3. The molecule has 1 N–H and O–H groups in total. The minimum absolute atomic E-state index is 0.109. The molecule has 14 heavy (non-hydrogen) atoms. The summed E-state index contributed by atoms with van der Waals surface area (Å²) in [6, 6.07) is 4.57. The molecule has 0 aliphatic heterocycles. The van der Waals surface area contributed by atoms with Crippen LogP contribution in [0.15, 0.2) is 30.6 Å². The van der Waals surface area contributed by atoms with Crippen molar-refractivity contribution in [3.63, 3.8) is 0 Å². The monoisotopic (exact) mass is 190 g/mol. The average molecular weight is 190 g/mol. The van der Waals surface area contributed by atoms with Crippen LogP contribution in [-0.4, -0.2) is 15.0 Å². The number of fused-ring (bicyclic) bond motifs is 1. The summed E-state index contributed by atoms with van der Waals surface area (Å²) < 4.78 is 0. The summed E-state index contributed by atoms with van der Waals surface area (Å²) in [5.41, 5.74) is -0.109. The predicted octanol–water partition coefficient (Wildman–Crippen LogP) is 1.85. The number of benzene rings is 1. The number of nitro groups is 1. The van der Waals surface area contributed by atoms with Gasteiger partial charge in [0.05, 0.1) is 11.1 Å². The van der Waals surface area contributed by atoms with E-state index in [0.717, 1.165) is 0 Å². The summed E-state index contributed by atoms with van der Waals surface area (Å²) >= 11 is 0. The summed E-state index contributed by atoms with van der Waals surface area (Å²) in [5, 5.41) is 20.9. The fraction of sp³-hybridized carbons (Fsp3) is 0. The zero-order valence-corrected chi connectivity index (χ0v) is 7.04. The van der Waals surface area contributed by atoms with Crippen molar-refractivity contribution in [2.75, 3.05) is 0 Å². The molecule has 0 saturated carbocycles. The van der Waals surface area contributed by atoms with E-state index in [1.165, 1.54) is 18.5 Å². The van der Waals surface area contributed by atoms with Crippen molar-refractivity contribution < 1.29 is 10.0 Å². The van der Waals surface area contributed by atoms with Gasteiger partial charge < -0.3 is 5.11 Å². The van der Waals surface area contributed by atoms with Crippen LogP contribution in [0.1, 0.15) is 0 Å². The van der Waals surface area contributed by atoms with E-state index in [9.17, 15) is 15.2 Å². The lowest BCUT2D eigenvalue weighted by Gasteiger charge is -2.00. The molecule has 2 aromatic rings. The molecule has 0 spiro atoms. The van der Waals surface area contributed by atoms with E-state index >= 15 is 0 Å². The lowest BCUT2D eigenvalue weighted by atomic mass is 10.1. The Hall–Kier alpha value is -2.17. The van der Waals surface area contributed by atoms with Crippen LogP contribution < -0.4 is 0 Å². The summed E-state index contributed by atoms with van der Waals surface area (Å²) in [4.78, 5) is 13.9. The fourth-order valence-corrected chi connectivity index (χ4v) is 1.35. The van der Waals surface area contributed by atoms with Crippen LogP contribution >= 0.6 is 0 Å². The van der Waals surface area contributed by atoms with Gasteiger partial charge in [0.25, 0.3) is 5.69 Å². The highest BCUT2D eigenvalue weighted by Crippen LogP contribution is 2.31. The Kier molecular flexibility index (Phi) is 1.78. The average Bonchev–Trinajstić information content (AvgIpc) is 2.17. The lowest BCUT2D eigenvalue weighted by Crippen LogP contribution is -1.89. The van der Waals surface area contributed by atoms with Crippen LogP contribution in [0.5, 0.6) is 5.75 Å². The van der Waals surface area contributed by atoms with Crippen molar-refractivity contribution >= 4 is 16.5 Å². The molecule has 1 heterocycles. The lowest BCUT2D eigenvalue weighted by molar-refractivity contribution is -0.383. The molecule has 1 aromatic carbocycles. The third-order valence-corrected chi connectivity index (χ3v) is 1.94. The Morgan fingerprint density at radius 1 is 1.36 bits per heavy atom. The molecule has 0 aliphatic carbocycles. The van der Waals surface area contributed by atoms with E-state index in [0.29, 0.717) is 5.39 Å². The van der Waals surface area contributed by atoms with Gasteiger partial charge in [-0.1, -0.05) is 12.1 Å². The van der Waals surface area contributed by atoms with Crippen LogP contribution in [0.3, 0.4) is 0 Å². The Bertz CT molecular complexity index is 505. The number of aromatic hydroxyl groups is 1. The summed E-state index contributed by atoms with van der Waals surface area (Å²) in [5.74, 6) is -0.171. The highest BCUT2D eigenvalue weighted by molar-refractivity contribution is 5.94. The molecule has 0 aliphatic rings. The van der Waals surface area contributed by atoms with Gasteiger partial charge in [-0.15, -0.1) is 0 Å². The number of non-ortho nitro benzene ring substituents is 1. The highest BCUT2D eigenvalue weighted by atomic mass is 16.6. The summed E-state index contributed by atoms with van der Waals surface area (Å²) in [6.07, 6.45) is 2.66. The molecule has 2 rings (SSSR count). The number of hydrogen-bond acceptors (Lipinski definition) is 4. The first-order chi connectivity index (χ1) is 6.70. The number of aromatic nitrogens is 1. The number of pyridine rings is 1. The van der Waals surface area contributed by atoms with Gasteiger partial charge in [0, 0.05) is 17.6 Å². The zero-order chi connectivity index (χ0) is 10.1. The van der Waals surface area contributed by atoms with Gasteiger partial charge >= 0.3 is 0 Å². The number of hydrogen-bond donors (Lipinski definition) is 1. The van der Waals surface area contributed by atoms with E-state index in [4.69, 9.17) is 0 Å². The quantitative estimate of drug-likeness (QED) is 0.549. The fourth-order valence-electron chi connectivity index (χ4n) is 1.35. The van der Waals surface area contributed by atoms with Crippen LogP contribution in [0.4, 0.5) is 5.69 Å². The number of rotatable bonds is 1. The third kappa shape index (κ3) is 1.15. The molecule has 0 bridgehead atoms. The molecule has 5 nitrogen and oxygen atoms in total. The van der Waals surface area contributed by atoms with Crippen LogP contribution in [-0.2, 0) is 0 Å². The second kappa shape index (κ2) is 2.95. The van der Waals surface area contributed by atoms with Gasteiger partial charge in [-0.25, -0.2) is 0 Å². The minimum Gasteiger partial charge on any atom is -0.505 e. The van der Waals surface area contributed by atoms with Crippen LogP contribution in [0, 0.1) is 10.1 Å². The van der Waals surface area contributed by atoms with Crippen molar-refractivity contribution in [2.45, 2.75) is 0 Å². The zero-order valence-electron chi connectivity index (χ0n) is 7.04. The Labute approximate surface area is 78.8 Å². The van der Waals surface area contributed by atoms with Crippen molar-refractivity contribution in [3.05, 3.63) is 40.7 Å². The van der Waals surface area contributed by atoms with Crippen LogP contribution in [0.25, 0.3) is 10.8 Å². The van der Waals surface area contributed by atoms with Crippen LogP contribution in [0.2, 0.25) is 0 Å². The normalized spacial score (nSPS) is 10.3. The standard InChI is InChI=1S/C9H6N2O3/c12-8-5-10-4-6-2-1-3-7(9(6)8)11(13)14/h1-5,12H. The van der Waals surface area contributed by atoms with Crippen molar-refractivity contribution in [3.8, 4) is 5.75 Å². The maximum atomic E-state index is 10.6. The summed E-state index contributed by atoms with van der Waals surface area (Å²) in [7, 11) is 0. The second-order valence-corrected chi connectivity index (χ2v) is 2.79. The minimum atomic E-state index is -0.526. The maximum absolute atomic E-state index is 10.6.